The lowest BCUT2D eigenvalue weighted by Gasteiger charge is -2.34. The monoisotopic (exact) mass is 280 g/mol. The molecule has 1 amide bonds. The Morgan fingerprint density at radius 1 is 1.53 bits per heavy atom. The van der Waals surface area contributed by atoms with Crippen LogP contribution in [-0.2, 0) is 16.0 Å². The van der Waals surface area contributed by atoms with E-state index in [9.17, 15) is 14.7 Å². The van der Waals surface area contributed by atoms with Gasteiger partial charge in [-0.3, -0.25) is 14.5 Å². The minimum Gasteiger partial charge on any atom is -0.480 e. The Morgan fingerprint density at radius 2 is 2.37 bits per heavy atom. The molecule has 102 valence electrons. The van der Waals surface area contributed by atoms with Crippen LogP contribution in [0.4, 0.5) is 0 Å². The van der Waals surface area contributed by atoms with Crippen LogP contribution in [0.15, 0.2) is 11.4 Å². The standard InChI is InChI=1S/C13H16N2O3S/c16-11-2-1-8(14-11)7-15-5-3-10-9(4-6-19-10)12(15)13(17)18/h4,6,8,12H,1-3,5,7H2,(H,14,16)(H,17,18). The molecule has 0 saturated carbocycles. The van der Waals surface area contributed by atoms with Crippen LogP contribution in [-0.4, -0.2) is 41.0 Å². The molecule has 1 aromatic heterocycles. The van der Waals surface area contributed by atoms with Gasteiger partial charge < -0.3 is 10.4 Å². The number of amides is 1. The first-order chi connectivity index (χ1) is 9.15. The summed E-state index contributed by atoms with van der Waals surface area (Å²) in [6.45, 7) is 1.37. The Hall–Kier alpha value is -1.40. The van der Waals surface area contributed by atoms with Crippen LogP contribution in [0.25, 0.3) is 0 Å². The molecule has 1 fully saturated rings. The van der Waals surface area contributed by atoms with Crippen molar-refractivity contribution in [3.05, 3.63) is 21.9 Å². The van der Waals surface area contributed by atoms with Gasteiger partial charge in [0.05, 0.1) is 0 Å². The molecular weight excluding hydrogens is 264 g/mol. The number of aliphatic carboxylic acids is 1. The van der Waals surface area contributed by atoms with E-state index < -0.39 is 12.0 Å². The summed E-state index contributed by atoms with van der Waals surface area (Å²) in [5.41, 5.74) is 0.924. The Balaban J connectivity index is 1.78. The maximum Gasteiger partial charge on any atom is 0.325 e. The quantitative estimate of drug-likeness (QED) is 0.867. The van der Waals surface area contributed by atoms with E-state index in [1.54, 1.807) is 11.3 Å². The minimum atomic E-state index is -0.802. The molecule has 2 unspecified atom stereocenters. The van der Waals surface area contributed by atoms with Crippen LogP contribution in [0, 0.1) is 0 Å². The number of hydrogen-bond donors (Lipinski definition) is 2. The zero-order valence-electron chi connectivity index (χ0n) is 10.5. The number of carbonyl (C=O) groups is 2. The number of hydrogen-bond acceptors (Lipinski definition) is 4. The first-order valence-electron chi connectivity index (χ1n) is 6.47. The van der Waals surface area contributed by atoms with Crippen LogP contribution >= 0.6 is 11.3 Å². The molecule has 3 rings (SSSR count). The van der Waals surface area contributed by atoms with Crippen molar-refractivity contribution in [1.29, 1.82) is 0 Å². The molecule has 19 heavy (non-hydrogen) atoms. The fourth-order valence-corrected chi connectivity index (χ4v) is 3.86. The van der Waals surface area contributed by atoms with Crippen molar-refractivity contribution in [2.24, 2.45) is 0 Å². The third-order valence-corrected chi connectivity index (χ3v) is 4.84. The lowest BCUT2D eigenvalue weighted by atomic mass is 9.99. The van der Waals surface area contributed by atoms with Crippen LogP contribution in [0.5, 0.6) is 0 Å². The summed E-state index contributed by atoms with van der Waals surface area (Å²) in [5.74, 6) is -0.728. The molecule has 1 saturated heterocycles. The average Bonchev–Trinajstić information content (AvgIpc) is 2.97. The number of carbonyl (C=O) groups excluding carboxylic acids is 1. The molecule has 0 aliphatic carbocycles. The largest absolute Gasteiger partial charge is 0.480 e. The second kappa shape index (κ2) is 4.94. The zero-order valence-corrected chi connectivity index (χ0v) is 11.3. The van der Waals surface area contributed by atoms with Crippen LogP contribution < -0.4 is 5.32 Å². The van der Waals surface area contributed by atoms with E-state index in [-0.39, 0.29) is 11.9 Å². The third-order valence-electron chi connectivity index (χ3n) is 3.84. The summed E-state index contributed by atoms with van der Waals surface area (Å²) in [6.07, 6.45) is 2.26. The van der Waals surface area contributed by atoms with Gasteiger partial charge in [0.1, 0.15) is 6.04 Å². The van der Waals surface area contributed by atoms with Gasteiger partial charge in [-0.15, -0.1) is 11.3 Å². The average molecular weight is 280 g/mol. The van der Waals surface area contributed by atoms with Crippen molar-refractivity contribution in [3.63, 3.8) is 0 Å². The minimum absolute atomic E-state index is 0.0742. The maximum atomic E-state index is 11.5. The molecule has 2 atom stereocenters. The fourth-order valence-electron chi connectivity index (χ4n) is 2.95. The van der Waals surface area contributed by atoms with Crippen molar-refractivity contribution < 1.29 is 14.7 Å². The lowest BCUT2D eigenvalue weighted by molar-refractivity contribution is -0.144. The first-order valence-corrected chi connectivity index (χ1v) is 7.35. The molecule has 6 heteroatoms. The van der Waals surface area contributed by atoms with Crippen LogP contribution in [0.3, 0.4) is 0 Å². The van der Waals surface area contributed by atoms with Gasteiger partial charge in [-0.2, -0.15) is 0 Å². The van der Waals surface area contributed by atoms with E-state index in [1.165, 1.54) is 4.88 Å². The van der Waals surface area contributed by atoms with E-state index in [2.05, 4.69) is 5.32 Å². The zero-order chi connectivity index (χ0) is 13.4. The Morgan fingerprint density at radius 3 is 3.05 bits per heavy atom. The molecule has 0 spiro atoms. The Bertz CT molecular complexity index is 514. The van der Waals surface area contributed by atoms with E-state index in [4.69, 9.17) is 0 Å². The highest BCUT2D eigenvalue weighted by Gasteiger charge is 2.35. The highest BCUT2D eigenvalue weighted by atomic mass is 32.1. The molecule has 2 aliphatic rings. The van der Waals surface area contributed by atoms with Crippen molar-refractivity contribution in [1.82, 2.24) is 10.2 Å². The van der Waals surface area contributed by atoms with E-state index in [0.29, 0.717) is 13.0 Å². The van der Waals surface area contributed by atoms with E-state index in [0.717, 1.165) is 24.9 Å². The predicted molar refractivity (Wildman–Crippen MR) is 71.1 cm³/mol. The van der Waals surface area contributed by atoms with Crippen molar-refractivity contribution in [3.8, 4) is 0 Å². The number of carboxylic acids is 1. The Labute approximate surface area is 115 Å². The second-order valence-electron chi connectivity index (χ2n) is 5.09. The molecule has 2 aliphatic heterocycles. The highest BCUT2D eigenvalue weighted by molar-refractivity contribution is 7.10. The van der Waals surface area contributed by atoms with Gasteiger partial charge in [-0.25, -0.2) is 0 Å². The van der Waals surface area contributed by atoms with E-state index in [1.807, 2.05) is 16.3 Å². The number of fused-ring (bicyclic) bond motifs is 1. The number of carboxylic acid groups (broad SMARTS) is 1. The molecular formula is C13H16N2O3S. The molecule has 0 radical (unpaired) electrons. The normalized spacial score (nSPS) is 27.1. The van der Waals surface area contributed by atoms with Gasteiger partial charge in [0, 0.05) is 30.4 Å². The van der Waals surface area contributed by atoms with Crippen molar-refractivity contribution in [2.75, 3.05) is 13.1 Å². The fraction of sp³-hybridized carbons (Fsp3) is 0.538. The smallest absolute Gasteiger partial charge is 0.325 e. The summed E-state index contributed by atoms with van der Waals surface area (Å²) >= 11 is 1.63. The second-order valence-corrected chi connectivity index (χ2v) is 6.09. The Kier molecular flexibility index (Phi) is 3.28. The summed E-state index contributed by atoms with van der Waals surface area (Å²) in [6, 6.07) is 1.44. The van der Waals surface area contributed by atoms with Gasteiger partial charge in [-0.05, 0) is 29.9 Å². The number of nitrogens with one attached hydrogen (secondary N) is 1. The van der Waals surface area contributed by atoms with Crippen LogP contribution in [0.1, 0.15) is 29.3 Å². The summed E-state index contributed by atoms with van der Waals surface area (Å²) in [7, 11) is 0. The molecule has 1 aromatic rings. The first kappa shape index (κ1) is 12.6. The lowest BCUT2D eigenvalue weighted by Crippen LogP contribution is -2.45. The number of nitrogens with zero attached hydrogens (tertiary/aromatic N) is 1. The SMILES string of the molecule is O=C1CCC(CN2CCc3sccc3C2C(=O)O)N1. The van der Waals surface area contributed by atoms with Gasteiger partial charge in [0.15, 0.2) is 0 Å². The topological polar surface area (TPSA) is 69.6 Å². The van der Waals surface area contributed by atoms with Gasteiger partial charge in [0.25, 0.3) is 0 Å². The highest BCUT2D eigenvalue weighted by Crippen LogP contribution is 2.33. The van der Waals surface area contributed by atoms with Gasteiger partial charge >= 0.3 is 5.97 Å². The van der Waals surface area contributed by atoms with Crippen LogP contribution in [0.2, 0.25) is 0 Å². The maximum absolute atomic E-state index is 11.5. The number of thiophene rings is 1. The summed E-state index contributed by atoms with van der Waals surface area (Å²) in [4.78, 5) is 25.9. The summed E-state index contributed by atoms with van der Waals surface area (Å²) < 4.78 is 0. The van der Waals surface area contributed by atoms with E-state index >= 15 is 0 Å². The molecule has 2 N–H and O–H groups in total. The van der Waals surface area contributed by atoms with Gasteiger partial charge in [-0.1, -0.05) is 0 Å². The third kappa shape index (κ3) is 2.37. The van der Waals surface area contributed by atoms with Crippen molar-refractivity contribution in [2.45, 2.75) is 31.3 Å². The molecule has 0 bridgehead atoms. The predicted octanol–water partition coefficient (Wildman–Crippen LogP) is 1.01. The molecule has 3 heterocycles. The van der Waals surface area contributed by atoms with Crippen molar-refractivity contribution >= 4 is 23.2 Å². The molecule has 5 nitrogen and oxygen atoms in total. The number of rotatable bonds is 3. The van der Waals surface area contributed by atoms with Gasteiger partial charge in [0.2, 0.25) is 5.91 Å². The summed E-state index contributed by atoms with van der Waals surface area (Å²) in [5, 5.41) is 14.3. The molecule has 0 aromatic carbocycles.